The van der Waals surface area contributed by atoms with Crippen LogP contribution in [0.25, 0.3) is 21.9 Å². The first-order valence-corrected chi connectivity index (χ1v) is 6.58. The maximum absolute atomic E-state index is 11.5. The molecule has 0 saturated heterocycles. The van der Waals surface area contributed by atoms with Crippen LogP contribution in [0.15, 0.2) is 21.3 Å². The Bertz CT molecular complexity index is 853. The van der Waals surface area contributed by atoms with Crippen LogP contribution in [-0.4, -0.2) is 4.98 Å². The van der Waals surface area contributed by atoms with Gasteiger partial charge in [-0.25, -0.2) is 4.79 Å². The first kappa shape index (κ1) is 12.0. The molecule has 0 aliphatic heterocycles. The fraction of sp³-hybridized carbons (Fsp3) is 0.312. The Kier molecular flexibility index (Phi) is 2.52. The van der Waals surface area contributed by atoms with Gasteiger partial charge in [0.25, 0.3) is 0 Å². The van der Waals surface area contributed by atoms with E-state index < -0.39 is 0 Å². The van der Waals surface area contributed by atoms with E-state index in [-0.39, 0.29) is 5.63 Å². The molecular weight excluding hydrogens is 238 g/mol. The number of fused-ring (bicyclic) bond motifs is 3. The zero-order valence-electron chi connectivity index (χ0n) is 11.7. The number of nitrogens with one attached hydrogen (secondary N) is 1. The van der Waals surface area contributed by atoms with Crippen LogP contribution in [0.3, 0.4) is 0 Å². The van der Waals surface area contributed by atoms with E-state index in [0.29, 0.717) is 5.58 Å². The van der Waals surface area contributed by atoms with Crippen molar-refractivity contribution in [3.8, 4) is 0 Å². The van der Waals surface area contributed by atoms with Gasteiger partial charge >= 0.3 is 5.63 Å². The van der Waals surface area contributed by atoms with Gasteiger partial charge in [-0.05, 0) is 49.9 Å². The molecule has 3 nitrogen and oxygen atoms in total. The molecule has 0 fully saturated rings. The van der Waals surface area contributed by atoms with E-state index in [2.05, 4.69) is 18.8 Å². The summed E-state index contributed by atoms with van der Waals surface area (Å²) in [6, 6.07) is 3.51. The van der Waals surface area contributed by atoms with Gasteiger partial charge in [-0.1, -0.05) is 6.92 Å². The minimum Gasteiger partial charge on any atom is -0.423 e. The van der Waals surface area contributed by atoms with Gasteiger partial charge in [0.2, 0.25) is 0 Å². The normalized spacial score (nSPS) is 11.6. The Morgan fingerprint density at radius 2 is 1.84 bits per heavy atom. The Hall–Kier alpha value is -2.03. The Morgan fingerprint density at radius 3 is 2.53 bits per heavy atom. The number of aromatic amines is 1. The van der Waals surface area contributed by atoms with Gasteiger partial charge in [-0.2, -0.15) is 0 Å². The molecule has 0 radical (unpaired) electrons. The highest BCUT2D eigenvalue weighted by atomic mass is 16.4. The van der Waals surface area contributed by atoms with Crippen LogP contribution in [0, 0.1) is 20.8 Å². The van der Waals surface area contributed by atoms with Crippen molar-refractivity contribution in [2.24, 2.45) is 0 Å². The van der Waals surface area contributed by atoms with Crippen LogP contribution in [0.2, 0.25) is 0 Å². The SMILES string of the molecule is CCc1[nH]c2c(C)cc3oc(=O)cc(C)c3c2c1C. The number of H-pyrrole nitrogens is 1. The quantitative estimate of drug-likeness (QED) is 0.673. The van der Waals surface area contributed by atoms with Crippen LogP contribution in [0.4, 0.5) is 0 Å². The fourth-order valence-corrected chi connectivity index (χ4v) is 2.93. The summed E-state index contributed by atoms with van der Waals surface area (Å²) in [5.74, 6) is 0. The highest BCUT2D eigenvalue weighted by Crippen LogP contribution is 2.33. The van der Waals surface area contributed by atoms with Crippen LogP contribution in [0.5, 0.6) is 0 Å². The van der Waals surface area contributed by atoms with E-state index in [1.54, 1.807) is 6.07 Å². The molecule has 0 amide bonds. The second-order valence-corrected chi connectivity index (χ2v) is 5.15. The molecule has 1 N–H and O–H groups in total. The third kappa shape index (κ3) is 1.61. The number of rotatable bonds is 1. The maximum atomic E-state index is 11.5. The third-order valence-corrected chi connectivity index (χ3v) is 3.88. The first-order valence-electron chi connectivity index (χ1n) is 6.58. The summed E-state index contributed by atoms with van der Waals surface area (Å²) in [4.78, 5) is 15.0. The summed E-state index contributed by atoms with van der Waals surface area (Å²) in [6.07, 6.45) is 0.970. The maximum Gasteiger partial charge on any atom is 0.336 e. The lowest BCUT2D eigenvalue weighted by molar-refractivity contribution is 0.560. The fourth-order valence-electron chi connectivity index (χ4n) is 2.93. The van der Waals surface area contributed by atoms with Gasteiger partial charge in [0, 0.05) is 28.0 Å². The van der Waals surface area contributed by atoms with Gasteiger partial charge in [0.15, 0.2) is 0 Å². The van der Waals surface area contributed by atoms with Crippen molar-refractivity contribution in [1.82, 2.24) is 4.98 Å². The molecule has 0 unspecified atom stereocenters. The lowest BCUT2D eigenvalue weighted by Gasteiger charge is -2.05. The molecule has 0 atom stereocenters. The summed E-state index contributed by atoms with van der Waals surface area (Å²) in [6.45, 7) is 8.27. The zero-order chi connectivity index (χ0) is 13.7. The van der Waals surface area contributed by atoms with Crippen molar-refractivity contribution >= 4 is 21.9 Å². The third-order valence-electron chi connectivity index (χ3n) is 3.88. The highest BCUT2D eigenvalue weighted by Gasteiger charge is 2.15. The van der Waals surface area contributed by atoms with Crippen molar-refractivity contribution in [3.05, 3.63) is 44.9 Å². The predicted octanol–water partition coefficient (Wildman–Crippen LogP) is 3.76. The summed E-state index contributed by atoms with van der Waals surface area (Å²) in [7, 11) is 0. The molecule has 3 rings (SSSR count). The van der Waals surface area contributed by atoms with Crippen molar-refractivity contribution in [2.45, 2.75) is 34.1 Å². The van der Waals surface area contributed by atoms with E-state index in [1.165, 1.54) is 16.6 Å². The minimum atomic E-state index is -0.285. The second kappa shape index (κ2) is 3.98. The number of hydrogen-bond acceptors (Lipinski definition) is 2. The first-order chi connectivity index (χ1) is 9.02. The summed E-state index contributed by atoms with van der Waals surface area (Å²) >= 11 is 0. The van der Waals surface area contributed by atoms with Gasteiger partial charge in [-0.15, -0.1) is 0 Å². The minimum absolute atomic E-state index is 0.285. The van der Waals surface area contributed by atoms with Crippen molar-refractivity contribution < 1.29 is 4.42 Å². The van der Waals surface area contributed by atoms with Crippen LogP contribution < -0.4 is 5.63 Å². The lowest BCUT2D eigenvalue weighted by Crippen LogP contribution is -1.98. The molecule has 2 heterocycles. The number of aromatic nitrogens is 1. The van der Waals surface area contributed by atoms with Crippen molar-refractivity contribution in [3.63, 3.8) is 0 Å². The van der Waals surface area contributed by atoms with Crippen LogP contribution in [0.1, 0.15) is 29.3 Å². The summed E-state index contributed by atoms with van der Waals surface area (Å²) in [5, 5.41) is 2.24. The molecule has 2 aromatic heterocycles. The molecule has 1 aromatic carbocycles. The molecule has 19 heavy (non-hydrogen) atoms. The van der Waals surface area contributed by atoms with Crippen LogP contribution >= 0.6 is 0 Å². The molecule has 0 spiro atoms. The molecule has 0 saturated carbocycles. The topological polar surface area (TPSA) is 46.0 Å². The number of benzene rings is 1. The number of aryl methyl sites for hydroxylation is 4. The summed E-state index contributed by atoms with van der Waals surface area (Å²) < 4.78 is 5.36. The molecule has 3 heteroatoms. The van der Waals surface area contributed by atoms with Gasteiger partial charge < -0.3 is 9.40 Å². The van der Waals surface area contributed by atoms with E-state index in [0.717, 1.165) is 28.5 Å². The predicted molar refractivity (Wildman–Crippen MR) is 77.9 cm³/mol. The van der Waals surface area contributed by atoms with E-state index in [4.69, 9.17) is 4.42 Å². The molecular formula is C16H17NO2. The van der Waals surface area contributed by atoms with E-state index in [1.807, 2.05) is 19.9 Å². The Labute approximate surface area is 111 Å². The molecule has 0 aliphatic rings. The zero-order valence-corrected chi connectivity index (χ0v) is 11.7. The summed E-state index contributed by atoms with van der Waals surface area (Å²) in [5.41, 5.74) is 6.13. The number of hydrogen-bond donors (Lipinski definition) is 1. The standard InChI is InChI=1S/C16H17NO2/c1-5-11-10(4)15-14-8(2)7-13(18)19-12(14)6-9(3)16(15)17-11/h6-7,17H,5H2,1-4H3. The molecule has 3 aromatic rings. The van der Waals surface area contributed by atoms with E-state index >= 15 is 0 Å². The average Bonchev–Trinajstić information content (AvgIpc) is 2.67. The van der Waals surface area contributed by atoms with E-state index in [9.17, 15) is 4.79 Å². The van der Waals surface area contributed by atoms with Gasteiger partial charge in [0.1, 0.15) is 5.58 Å². The highest BCUT2D eigenvalue weighted by molar-refractivity contribution is 6.09. The van der Waals surface area contributed by atoms with Gasteiger partial charge in [-0.3, -0.25) is 0 Å². The average molecular weight is 255 g/mol. The van der Waals surface area contributed by atoms with Crippen molar-refractivity contribution in [2.75, 3.05) is 0 Å². The molecule has 0 aliphatic carbocycles. The molecule has 98 valence electrons. The van der Waals surface area contributed by atoms with Gasteiger partial charge in [0.05, 0.1) is 0 Å². The monoisotopic (exact) mass is 255 g/mol. The van der Waals surface area contributed by atoms with Crippen LogP contribution in [-0.2, 0) is 6.42 Å². The van der Waals surface area contributed by atoms with Crippen molar-refractivity contribution in [1.29, 1.82) is 0 Å². The smallest absolute Gasteiger partial charge is 0.336 e. The lowest BCUT2D eigenvalue weighted by atomic mass is 10.0. The second-order valence-electron chi connectivity index (χ2n) is 5.15. The Morgan fingerprint density at radius 1 is 1.11 bits per heavy atom. The largest absolute Gasteiger partial charge is 0.423 e. The Balaban J connectivity index is 2.65. The molecule has 0 bridgehead atoms.